The standard InChI is InChI=1S/C11H25N3/c1-4-10(8-12)14-7-5-6-11(14)9-13(2)3/h10-11H,4-9,12H2,1-3H3. The van der Waals surface area contributed by atoms with Crippen LogP contribution in [-0.4, -0.2) is 55.6 Å². The van der Waals surface area contributed by atoms with Crippen molar-refractivity contribution in [1.82, 2.24) is 9.80 Å². The number of nitrogens with zero attached hydrogens (tertiary/aromatic N) is 2. The molecule has 0 aromatic rings. The molecule has 1 fully saturated rings. The molecule has 3 nitrogen and oxygen atoms in total. The molecule has 0 radical (unpaired) electrons. The van der Waals surface area contributed by atoms with Crippen molar-refractivity contribution in [3.63, 3.8) is 0 Å². The van der Waals surface area contributed by atoms with Gasteiger partial charge in [0.2, 0.25) is 0 Å². The van der Waals surface area contributed by atoms with Gasteiger partial charge >= 0.3 is 0 Å². The average Bonchev–Trinajstić information content (AvgIpc) is 2.55. The number of nitrogens with two attached hydrogens (primary N) is 1. The predicted molar refractivity (Wildman–Crippen MR) is 61.4 cm³/mol. The van der Waals surface area contributed by atoms with Crippen molar-refractivity contribution in [1.29, 1.82) is 0 Å². The molecular weight excluding hydrogens is 174 g/mol. The van der Waals surface area contributed by atoms with Gasteiger partial charge in [-0.1, -0.05) is 6.92 Å². The summed E-state index contributed by atoms with van der Waals surface area (Å²) in [5, 5.41) is 0. The minimum absolute atomic E-state index is 0.599. The van der Waals surface area contributed by atoms with Gasteiger partial charge in [-0.15, -0.1) is 0 Å². The first-order valence-electron chi connectivity index (χ1n) is 5.79. The molecule has 1 heterocycles. The first-order valence-corrected chi connectivity index (χ1v) is 5.79. The Bertz CT molecular complexity index is 155. The lowest BCUT2D eigenvalue weighted by Crippen LogP contribution is -2.46. The van der Waals surface area contributed by atoms with Crippen LogP contribution in [0.1, 0.15) is 26.2 Å². The van der Waals surface area contributed by atoms with Crippen molar-refractivity contribution in [3.05, 3.63) is 0 Å². The van der Waals surface area contributed by atoms with Crippen LogP contribution in [-0.2, 0) is 0 Å². The largest absolute Gasteiger partial charge is 0.329 e. The van der Waals surface area contributed by atoms with Crippen LogP contribution in [0.5, 0.6) is 0 Å². The van der Waals surface area contributed by atoms with Gasteiger partial charge in [0, 0.05) is 25.2 Å². The van der Waals surface area contributed by atoms with E-state index in [2.05, 4.69) is 30.8 Å². The van der Waals surface area contributed by atoms with E-state index in [1.54, 1.807) is 0 Å². The summed E-state index contributed by atoms with van der Waals surface area (Å²) in [5.74, 6) is 0. The first kappa shape index (κ1) is 12.0. The van der Waals surface area contributed by atoms with Gasteiger partial charge in [0.15, 0.2) is 0 Å². The summed E-state index contributed by atoms with van der Waals surface area (Å²) in [6, 6.07) is 1.33. The molecule has 0 bridgehead atoms. The molecule has 0 aliphatic carbocycles. The third kappa shape index (κ3) is 2.94. The molecule has 1 aliphatic heterocycles. The molecule has 84 valence electrons. The Labute approximate surface area is 88.2 Å². The molecule has 1 saturated heterocycles. The monoisotopic (exact) mass is 199 g/mol. The summed E-state index contributed by atoms with van der Waals surface area (Å²) in [6.45, 7) is 5.47. The van der Waals surface area contributed by atoms with Crippen molar-refractivity contribution < 1.29 is 0 Å². The fourth-order valence-corrected chi connectivity index (χ4v) is 2.49. The maximum atomic E-state index is 5.80. The fourth-order valence-electron chi connectivity index (χ4n) is 2.49. The van der Waals surface area contributed by atoms with E-state index < -0.39 is 0 Å². The third-order valence-corrected chi connectivity index (χ3v) is 3.21. The van der Waals surface area contributed by atoms with E-state index in [9.17, 15) is 0 Å². The number of hydrogen-bond donors (Lipinski definition) is 1. The lowest BCUT2D eigenvalue weighted by Gasteiger charge is -2.33. The predicted octanol–water partition coefficient (Wildman–Crippen LogP) is 0.750. The highest BCUT2D eigenvalue weighted by molar-refractivity contribution is 4.86. The van der Waals surface area contributed by atoms with Crippen LogP contribution in [0.3, 0.4) is 0 Å². The maximum absolute atomic E-state index is 5.80. The average molecular weight is 199 g/mol. The van der Waals surface area contributed by atoms with Crippen LogP contribution in [0, 0.1) is 0 Å². The normalized spacial score (nSPS) is 25.9. The number of hydrogen-bond acceptors (Lipinski definition) is 3. The SMILES string of the molecule is CCC(CN)N1CCCC1CN(C)C. The van der Waals surface area contributed by atoms with E-state index in [1.165, 1.54) is 32.4 Å². The first-order chi connectivity index (χ1) is 6.69. The van der Waals surface area contributed by atoms with Crippen LogP contribution < -0.4 is 5.73 Å². The second-order valence-electron chi connectivity index (χ2n) is 4.59. The molecule has 0 saturated carbocycles. The summed E-state index contributed by atoms with van der Waals surface area (Å²) in [6.07, 6.45) is 3.87. The minimum Gasteiger partial charge on any atom is -0.329 e. The quantitative estimate of drug-likeness (QED) is 0.709. The molecular formula is C11H25N3. The van der Waals surface area contributed by atoms with E-state index in [4.69, 9.17) is 5.73 Å². The van der Waals surface area contributed by atoms with Crippen molar-refractivity contribution in [2.45, 2.75) is 38.3 Å². The topological polar surface area (TPSA) is 32.5 Å². The van der Waals surface area contributed by atoms with Crippen LogP contribution in [0.15, 0.2) is 0 Å². The number of likely N-dealkylation sites (N-methyl/N-ethyl adjacent to an activating group) is 1. The summed E-state index contributed by atoms with van der Waals surface area (Å²) >= 11 is 0. The highest BCUT2D eigenvalue weighted by Crippen LogP contribution is 2.21. The Hall–Kier alpha value is -0.120. The highest BCUT2D eigenvalue weighted by Gasteiger charge is 2.29. The second kappa shape index (κ2) is 5.69. The van der Waals surface area contributed by atoms with E-state index in [0.717, 1.165) is 12.6 Å². The van der Waals surface area contributed by atoms with E-state index >= 15 is 0 Å². The van der Waals surface area contributed by atoms with Gasteiger partial charge in [-0.3, -0.25) is 4.90 Å². The number of likely N-dealkylation sites (tertiary alicyclic amines) is 1. The van der Waals surface area contributed by atoms with Crippen LogP contribution in [0.2, 0.25) is 0 Å². The van der Waals surface area contributed by atoms with Crippen molar-refractivity contribution in [3.8, 4) is 0 Å². The lowest BCUT2D eigenvalue weighted by atomic mass is 10.1. The van der Waals surface area contributed by atoms with Gasteiger partial charge in [0.25, 0.3) is 0 Å². The molecule has 2 unspecified atom stereocenters. The van der Waals surface area contributed by atoms with Crippen LogP contribution >= 0.6 is 0 Å². The molecule has 0 spiro atoms. The lowest BCUT2D eigenvalue weighted by molar-refractivity contribution is 0.152. The zero-order valence-corrected chi connectivity index (χ0v) is 9.87. The van der Waals surface area contributed by atoms with E-state index in [1.807, 2.05) is 0 Å². The second-order valence-corrected chi connectivity index (χ2v) is 4.59. The maximum Gasteiger partial charge on any atom is 0.0226 e. The van der Waals surface area contributed by atoms with Gasteiger partial charge in [0.05, 0.1) is 0 Å². The van der Waals surface area contributed by atoms with Crippen molar-refractivity contribution in [2.75, 3.05) is 33.7 Å². The van der Waals surface area contributed by atoms with Gasteiger partial charge in [-0.2, -0.15) is 0 Å². The summed E-state index contributed by atoms with van der Waals surface area (Å²) < 4.78 is 0. The minimum atomic E-state index is 0.599. The van der Waals surface area contributed by atoms with Crippen LogP contribution in [0.25, 0.3) is 0 Å². The molecule has 14 heavy (non-hydrogen) atoms. The van der Waals surface area contributed by atoms with Gasteiger partial charge in [0.1, 0.15) is 0 Å². The summed E-state index contributed by atoms with van der Waals surface area (Å²) in [7, 11) is 4.31. The Kier molecular flexibility index (Phi) is 4.85. The Morgan fingerprint density at radius 1 is 1.50 bits per heavy atom. The Morgan fingerprint density at radius 2 is 2.21 bits per heavy atom. The van der Waals surface area contributed by atoms with E-state index in [0.29, 0.717) is 6.04 Å². The highest BCUT2D eigenvalue weighted by atomic mass is 15.2. The summed E-state index contributed by atoms with van der Waals surface area (Å²) in [5.41, 5.74) is 5.80. The van der Waals surface area contributed by atoms with E-state index in [-0.39, 0.29) is 0 Å². The molecule has 0 amide bonds. The molecule has 1 rings (SSSR count). The smallest absolute Gasteiger partial charge is 0.0226 e. The van der Waals surface area contributed by atoms with Crippen LogP contribution in [0.4, 0.5) is 0 Å². The molecule has 3 heteroatoms. The molecule has 1 aliphatic rings. The Balaban J connectivity index is 2.49. The molecule has 2 atom stereocenters. The Morgan fingerprint density at radius 3 is 2.71 bits per heavy atom. The van der Waals surface area contributed by atoms with Gasteiger partial charge < -0.3 is 10.6 Å². The summed E-state index contributed by atoms with van der Waals surface area (Å²) in [4.78, 5) is 4.90. The fraction of sp³-hybridized carbons (Fsp3) is 1.00. The number of rotatable bonds is 5. The molecule has 0 aromatic carbocycles. The van der Waals surface area contributed by atoms with Gasteiger partial charge in [-0.05, 0) is 39.9 Å². The third-order valence-electron chi connectivity index (χ3n) is 3.21. The zero-order valence-electron chi connectivity index (χ0n) is 9.87. The molecule has 0 aromatic heterocycles. The van der Waals surface area contributed by atoms with Gasteiger partial charge in [-0.25, -0.2) is 0 Å². The van der Waals surface area contributed by atoms with Crippen molar-refractivity contribution in [2.24, 2.45) is 5.73 Å². The zero-order chi connectivity index (χ0) is 10.6. The van der Waals surface area contributed by atoms with Crippen molar-refractivity contribution >= 4 is 0 Å². The molecule has 2 N–H and O–H groups in total.